The summed E-state index contributed by atoms with van der Waals surface area (Å²) < 4.78 is 0. The number of hydrogen-bond donors (Lipinski definition) is 1. The number of rotatable bonds is 8. The van der Waals surface area contributed by atoms with E-state index in [4.69, 9.17) is 5.11 Å². The zero-order chi connectivity index (χ0) is 17.4. The molecule has 0 unspecified atom stereocenters. The molecule has 0 aromatic heterocycles. The zero-order valence-electron chi connectivity index (χ0n) is 15.1. The molecule has 1 aliphatic heterocycles. The van der Waals surface area contributed by atoms with E-state index in [1.807, 2.05) is 4.90 Å². The summed E-state index contributed by atoms with van der Waals surface area (Å²) in [6, 6.07) is 8.42. The lowest BCUT2D eigenvalue weighted by molar-refractivity contribution is -0.133. The van der Waals surface area contributed by atoms with Gasteiger partial charge in [0, 0.05) is 45.8 Å². The van der Waals surface area contributed by atoms with Gasteiger partial charge in [0.05, 0.1) is 13.2 Å². The fourth-order valence-corrected chi connectivity index (χ4v) is 3.08. The number of piperazine rings is 1. The molecule has 0 spiro atoms. The van der Waals surface area contributed by atoms with E-state index < -0.39 is 0 Å². The molecule has 5 heteroatoms. The second-order valence-corrected chi connectivity index (χ2v) is 6.64. The Hall–Kier alpha value is -1.43. The Morgan fingerprint density at radius 1 is 1.12 bits per heavy atom. The van der Waals surface area contributed by atoms with Crippen molar-refractivity contribution in [2.75, 3.05) is 52.4 Å². The molecule has 0 saturated carbocycles. The van der Waals surface area contributed by atoms with Gasteiger partial charge in [0.1, 0.15) is 0 Å². The highest BCUT2D eigenvalue weighted by Crippen LogP contribution is 2.09. The smallest absolute Gasteiger partial charge is 0.237 e. The van der Waals surface area contributed by atoms with Crippen molar-refractivity contribution in [3.63, 3.8) is 0 Å². The van der Waals surface area contributed by atoms with Crippen LogP contribution in [0.3, 0.4) is 0 Å². The fraction of sp³-hybridized carbons (Fsp3) is 0.632. The summed E-state index contributed by atoms with van der Waals surface area (Å²) in [4.78, 5) is 19.2. The van der Waals surface area contributed by atoms with Gasteiger partial charge in [-0.2, -0.15) is 0 Å². The molecule has 1 fully saturated rings. The lowest BCUT2D eigenvalue weighted by atomic mass is 10.1. The first-order valence-corrected chi connectivity index (χ1v) is 9.01. The number of carbonyl (C=O) groups excluding carboxylic acids is 1. The summed E-state index contributed by atoms with van der Waals surface area (Å²) in [7, 11) is 0. The van der Waals surface area contributed by atoms with Crippen molar-refractivity contribution < 1.29 is 9.90 Å². The van der Waals surface area contributed by atoms with Crippen molar-refractivity contribution in [1.29, 1.82) is 0 Å². The SMILES string of the molecule is CCCN(Cc1ccc(C)cc1)C(=O)CN1CCN(CCO)CC1. The lowest BCUT2D eigenvalue weighted by Crippen LogP contribution is -2.50. The average molecular weight is 333 g/mol. The van der Waals surface area contributed by atoms with Gasteiger partial charge >= 0.3 is 0 Å². The van der Waals surface area contributed by atoms with Gasteiger partial charge in [-0.3, -0.25) is 14.6 Å². The normalized spacial score (nSPS) is 16.3. The number of hydrogen-bond acceptors (Lipinski definition) is 4. The van der Waals surface area contributed by atoms with Crippen LogP contribution in [0.4, 0.5) is 0 Å². The second-order valence-electron chi connectivity index (χ2n) is 6.64. The first-order chi connectivity index (χ1) is 11.6. The summed E-state index contributed by atoms with van der Waals surface area (Å²) >= 11 is 0. The molecule has 1 aromatic rings. The van der Waals surface area contributed by atoms with Gasteiger partial charge in [0.25, 0.3) is 0 Å². The van der Waals surface area contributed by atoms with Gasteiger partial charge in [-0.25, -0.2) is 0 Å². The van der Waals surface area contributed by atoms with Crippen LogP contribution >= 0.6 is 0 Å². The molecule has 1 amide bonds. The quantitative estimate of drug-likeness (QED) is 0.780. The Kier molecular flexibility index (Phi) is 7.69. The topological polar surface area (TPSA) is 47.0 Å². The minimum Gasteiger partial charge on any atom is -0.395 e. The van der Waals surface area contributed by atoms with Crippen molar-refractivity contribution in [1.82, 2.24) is 14.7 Å². The van der Waals surface area contributed by atoms with E-state index >= 15 is 0 Å². The highest BCUT2D eigenvalue weighted by molar-refractivity contribution is 5.78. The van der Waals surface area contributed by atoms with E-state index in [9.17, 15) is 4.79 Å². The molecule has 0 bridgehead atoms. The van der Waals surface area contributed by atoms with E-state index in [0.29, 0.717) is 13.1 Å². The summed E-state index contributed by atoms with van der Waals surface area (Å²) in [6.45, 7) is 10.8. The number of benzene rings is 1. The Morgan fingerprint density at radius 2 is 1.75 bits per heavy atom. The summed E-state index contributed by atoms with van der Waals surface area (Å²) in [6.07, 6.45) is 0.974. The molecule has 1 aliphatic rings. The number of aliphatic hydroxyl groups excluding tert-OH is 1. The number of amides is 1. The highest BCUT2D eigenvalue weighted by atomic mass is 16.3. The Bertz CT molecular complexity index is 496. The molecule has 1 saturated heterocycles. The number of β-amino-alcohol motifs (C(OH)–C–C–N with tert-alkyl or cyclic N) is 1. The number of nitrogens with zero attached hydrogens (tertiary/aromatic N) is 3. The summed E-state index contributed by atoms with van der Waals surface area (Å²) in [5.41, 5.74) is 2.43. The van der Waals surface area contributed by atoms with E-state index in [0.717, 1.165) is 45.7 Å². The van der Waals surface area contributed by atoms with Crippen LogP contribution in [-0.2, 0) is 11.3 Å². The molecule has 2 rings (SSSR count). The van der Waals surface area contributed by atoms with Crippen molar-refractivity contribution >= 4 is 5.91 Å². The zero-order valence-corrected chi connectivity index (χ0v) is 15.1. The van der Waals surface area contributed by atoms with E-state index in [2.05, 4.69) is 47.9 Å². The molecule has 1 aromatic carbocycles. The van der Waals surface area contributed by atoms with Crippen molar-refractivity contribution in [3.05, 3.63) is 35.4 Å². The monoisotopic (exact) mass is 333 g/mol. The first-order valence-electron chi connectivity index (χ1n) is 9.01. The van der Waals surface area contributed by atoms with Crippen molar-refractivity contribution in [2.45, 2.75) is 26.8 Å². The third-order valence-electron chi connectivity index (χ3n) is 4.58. The van der Waals surface area contributed by atoms with Crippen LogP contribution in [-0.4, -0.2) is 78.1 Å². The Morgan fingerprint density at radius 3 is 2.33 bits per heavy atom. The first kappa shape index (κ1) is 18.9. The van der Waals surface area contributed by atoms with E-state index in [1.54, 1.807) is 0 Å². The van der Waals surface area contributed by atoms with E-state index in [-0.39, 0.29) is 12.5 Å². The molecule has 0 radical (unpaired) electrons. The standard InChI is InChI=1S/C19H31N3O2/c1-3-8-22(15-18-6-4-17(2)5-7-18)19(24)16-21-11-9-20(10-12-21)13-14-23/h4-7,23H,3,8-16H2,1-2H3. The van der Waals surface area contributed by atoms with Crippen LogP contribution in [0.1, 0.15) is 24.5 Å². The van der Waals surface area contributed by atoms with Crippen LogP contribution in [0, 0.1) is 6.92 Å². The van der Waals surface area contributed by atoms with Gasteiger partial charge in [-0.05, 0) is 18.9 Å². The Labute approximate surface area is 145 Å². The van der Waals surface area contributed by atoms with Crippen LogP contribution in [0.2, 0.25) is 0 Å². The molecule has 5 nitrogen and oxygen atoms in total. The van der Waals surface area contributed by atoms with E-state index in [1.165, 1.54) is 11.1 Å². The molecule has 134 valence electrons. The third kappa shape index (κ3) is 5.89. The second kappa shape index (κ2) is 9.77. The lowest BCUT2D eigenvalue weighted by Gasteiger charge is -2.35. The molecule has 24 heavy (non-hydrogen) atoms. The summed E-state index contributed by atoms with van der Waals surface area (Å²) in [5.74, 6) is 0.216. The molecular weight excluding hydrogens is 302 g/mol. The van der Waals surface area contributed by atoms with Crippen LogP contribution in [0.15, 0.2) is 24.3 Å². The number of aryl methyl sites for hydroxylation is 1. The number of aliphatic hydroxyl groups is 1. The molecule has 0 aliphatic carbocycles. The Balaban J connectivity index is 1.86. The highest BCUT2D eigenvalue weighted by Gasteiger charge is 2.21. The molecule has 1 N–H and O–H groups in total. The predicted octanol–water partition coefficient (Wildman–Crippen LogP) is 1.34. The van der Waals surface area contributed by atoms with Crippen LogP contribution < -0.4 is 0 Å². The van der Waals surface area contributed by atoms with Crippen molar-refractivity contribution in [3.8, 4) is 0 Å². The molecule has 0 atom stereocenters. The maximum Gasteiger partial charge on any atom is 0.237 e. The maximum atomic E-state index is 12.7. The fourth-order valence-electron chi connectivity index (χ4n) is 3.08. The van der Waals surface area contributed by atoms with Gasteiger partial charge in [-0.15, -0.1) is 0 Å². The average Bonchev–Trinajstić information content (AvgIpc) is 2.58. The largest absolute Gasteiger partial charge is 0.395 e. The van der Waals surface area contributed by atoms with Gasteiger partial charge in [0.2, 0.25) is 5.91 Å². The number of carbonyl (C=O) groups is 1. The van der Waals surface area contributed by atoms with Gasteiger partial charge < -0.3 is 10.0 Å². The molecular formula is C19H31N3O2. The van der Waals surface area contributed by atoms with Crippen LogP contribution in [0.25, 0.3) is 0 Å². The van der Waals surface area contributed by atoms with Crippen molar-refractivity contribution in [2.24, 2.45) is 0 Å². The minimum absolute atomic E-state index is 0.208. The third-order valence-corrected chi connectivity index (χ3v) is 4.58. The minimum atomic E-state index is 0.208. The summed E-state index contributed by atoms with van der Waals surface area (Å²) in [5, 5.41) is 9.00. The maximum absolute atomic E-state index is 12.7. The van der Waals surface area contributed by atoms with Gasteiger partial charge in [0.15, 0.2) is 0 Å². The van der Waals surface area contributed by atoms with Crippen LogP contribution in [0.5, 0.6) is 0 Å². The van der Waals surface area contributed by atoms with Gasteiger partial charge in [-0.1, -0.05) is 36.8 Å². The molecule has 1 heterocycles. The predicted molar refractivity (Wildman–Crippen MR) is 96.9 cm³/mol.